The van der Waals surface area contributed by atoms with Crippen LogP contribution in [0.5, 0.6) is 0 Å². The van der Waals surface area contributed by atoms with E-state index in [2.05, 4.69) is 5.32 Å². The van der Waals surface area contributed by atoms with E-state index in [1.165, 1.54) is 12.1 Å². The molecule has 0 spiro atoms. The molecule has 0 bridgehead atoms. The summed E-state index contributed by atoms with van der Waals surface area (Å²) in [5.74, 6) is 0. The van der Waals surface area contributed by atoms with Gasteiger partial charge < -0.3 is 11.1 Å². The van der Waals surface area contributed by atoms with Gasteiger partial charge in [0.25, 0.3) is 0 Å². The maximum absolute atomic E-state index is 11.0. The molecule has 0 fully saturated rings. The monoisotopic (exact) mass is 229 g/mol. The van der Waals surface area contributed by atoms with Gasteiger partial charge in [-0.05, 0) is 31.2 Å². The molecule has 5 nitrogen and oxygen atoms in total. The normalized spacial score (nSPS) is 11.3. The van der Waals surface area contributed by atoms with Gasteiger partial charge in [-0.2, -0.15) is 0 Å². The number of hydrogen-bond acceptors (Lipinski definition) is 4. The van der Waals surface area contributed by atoms with E-state index in [-0.39, 0.29) is 4.90 Å². The van der Waals surface area contributed by atoms with Gasteiger partial charge in [-0.3, -0.25) is 0 Å². The summed E-state index contributed by atoms with van der Waals surface area (Å²) in [5.41, 5.74) is 6.07. The van der Waals surface area contributed by atoms with Crippen LogP contribution < -0.4 is 16.2 Å². The van der Waals surface area contributed by atoms with Crippen molar-refractivity contribution in [3.05, 3.63) is 24.3 Å². The van der Waals surface area contributed by atoms with Crippen molar-refractivity contribution in [2.75, 3.05) is 18.4 Å². The zero-order valence-electron chi connectivity index (χ0n) is 8.31. The highest BCUT2D eigenvalue weighted by Gasteiger charge is 2.07. The smallest absolute Gasteiger partial charge is 0.238 e. The van der Waals surface area contributed by atoms with Crippen LogP contribution in [0, 0.1) is 0 Å². The number of sulfonamides is 1. The Hall–Kier alpha value is -1.11. The average Bonchev–Trinajstić information content (AvgIpc) is 2.17. The number of anilines is 1. The Labute approximate surface area is 89.5 Å². The van der Waals surface area contributed by atoms with E-state index < -0.39 is 10.0 Å². The molecule has 5 N–H and O–H groups in total. The van der Waals surface area contributed by atoms with E-state index in [1.54, 1.807) is 12.1 Å². The lowest BCUT2D eigenvalue weighted by Crippen LogP contribution is -2.13. The molecule has 0 heterocycles. The van der Waals surface area contributed by atoms with Crippen LogP contribution in [0.15, 0.2) is 29.2 Å². The van der Waals surface area contributed by atoms with E-state index in [1.807, 2.05) is 0 Å². The van der Waals surface area contributed by atoms with Crippen molar-refractivity contribution >= 4 is 15.7 Å². The third-order valence-corrected chi connectivity index (χ3v) is 2.78. The van der Waals surface area contributed by atoms with E-state index in [4.69, 9.17) is 10.9 Å². The third kappa shape index (κ3) is 3.86. The summed E-state index contributed by atoms with van der Waals surface area (Å²) in [5, 5.41) is 8.06. The number of hydrogen-bond donors (Lipinski definition) is 3. The van der Waals surface area contributed by atoms with Gasteiger partial charge in [0, 0.05) is 12.2 Å². The van der Waals surface area contributed by atoms with Gasteiger partial charge in [0.2, 0.25) is 10.0 Å². The van der Waals surface area contributed by atoms with Crippen molar-refractivity contribution in [3.63, 3.8) is 0 Å². The zero-order valence-corrected chi connectivity index (χ0v) is 9.13. The van der Waals surface area contributed by atoms with Crippen LogP contribution in [0.4, 0.5) is 5.69 Å². The molecule has 0 amide bonds. The summed E-state index contributed by atoms with van der Waals surface area (Å²) in [6, 6.07) is 6.39. The molecule has 6 heteroatoms. The van der Waals surface area contributed by atoms with E-state index >= 15 is 0 Å². The van der Waals surface area contributed by atoms with Gasteiger partial charge in [-0.15, -0.1) is 0 Å². The summed E-state index contributed by atoms with van der Waals surface area (Å²) in [4.78, 5) is 0.111. The molecule has 1 aromatic carbocycles. The van der Waals surface area contributed by atoms with Crippen LogP contribution in [0.1, 0.15) is 6.42 Å². The van der Waals surface area contributed by atoms with Gasteiger partial charge in [0.15, 0.2) is 0 Å². The Morgan fingerprint density at radius 2 is 2.07 bits per heavy atom. The number of nitrogens with two attached hydrogens (primary N) is 2. The fourth-order valence-electron chi connectivity index (χ4n) is 1.12. The second-order valence-electron chi connectivity index (χ2n) is 3.14. The highest BCUT2D eigenvalue weighted by atomic mass is 32.2. The third-order valence-electron chi connectivity index (χ3n) is 1.87. The quantitative estimate of drug-likeness (QED) is 0.623. The van der Waals surface area contributed by atoms with E-state index in [0.29, 0.717) is 13.1 Å². The molecule has 1 rings (SSSR count). The van der Waals surface area contributed by atoms with E-state index in [9.17, 15) is 8.42 Å². The van der Waals surface area contributed by atoms with E-state index in [0.717, 1.165) is 12.1 Å². The lowest BCUT2D eigenvalue weighted by molar-refractivity contribution is 0.598. The highest BCUT2D eigenvalue weighted by Crippen LogP contribution is 2.13. The molecule has 15 heavy (non-hydrogen) atoms. The van der Waals surface area contributed by atoms with Crippen LogP contribution in [0.3, 0.4) is 0 Å². The Bertz CT molecular complexity index is 417. The average molecular weight is 229 g/mol. The van der Waals surface area contributed by atoms with Crippen molar-refractivity contribution in [3.8, 4) is 0 Å². The van der Waals surface area contributed by atoms with Gasteiger partial charge in [0.05, 0.1) is 4.90 Å². The van der Waals surface area contributed by atoms with Crippen molar-refractivity contribution in [2.24, 2.45) is 10.9 Å². The summed E-state index contributed by atoms with van der Waals surface area (Å²) in [6.45, 7) is 1.31. The van der Waals surface area contributed by atoms with Crippen LogP contribution >= 0.6 is 0 Å². The number of nitrogens with one attached hydrogen (secondary N) is 1. The second kappa shape index (κ2) is 5.11. The minimum absolute atomic E-state index is 0.111. The first kappa shape index (κ1) is 12.0. The lowest BCUT2D eigenvalue weighted by atomic mass is 10.3. The SMILES string of the molecule is NCCCNc1cccc(S(N)(=O)=O)c1. The molecule has 0 aliphatic rings. The maximum Gasteiger partial charge on any atom is 0.238 e. The molecule has 0 atom stereocenters. The van der Waals surface area contributed by atoms with Crippen molar-refractivity contribution in [1.29, 1.82) is 0 Å². The molecule has 0 radical (unpaired) electrons. The standard InChI is InChI=1S/C9H15N3O2S/c10-5-2-6-12-8-3-1-4-9(7-8)15(11,13)14/h1,3-4,7,12H,2,5-6,10H2,(H2,11,13,14). The van der Waals surface area contributed by atoms with Gasteiger partial charge in [-0.1, -0.05) is 6.07 Å². The van der Waals surface area contributed by atoms with Crippen LogP contribution in [0.25, 0.3) is 0 Å². The first-order valence-corrected chi connectivity index (χ1v) is 6.15. The summed E-state index contributed by atoms with van der Waals surface area (Å²) < 4.78 is 22.1. The summed E-state index contributed by atoms with van der Waals surface area (Å²) >= 11 is 0. The summed E-state index contributed by atoms with van der Waals surface area (Å²) in [7, 11) is -3.62. The van der Waals surface area contributed by atoms with Gasteiger partial charge in [-0.25, -0.2) is 13.6 Å². The molecule has 0 aliphatic carbocycles. The fourth-order valence-corrected chi connectivity index (χ4v) is 1.68. The maximum atomic E-state index is 11.0. The van der Waals surface area contributed by atoms with Crippen LogP contribution in [0.2, 0.25) is 0 Å². The molecule has 1 aromatic rings. The van der Waals surface area contributed by atoms with Crippen molar-refractivity contribution in [1.82, 2.24) is 0 Å². The molecule has 0 aliphatic heterocycles. The lowest BCUT2D eigenvalue weighted by Gasteiger charge is -2.06. The zero-order chi connectivity index (χ0) is 11.3. The number of rotatable bonds is 5. The second-order valence-corrected chi connectivity index (χ2v) is 4.70. The number of primary sulfonamides is 1. The number of benzene rings is 1. The van der Waals surface area contributed by atoms with Crippen molar-refractivity contribution < 1.29 is 8.42 Å². The van der Waals surface area contributed by atoms with Gasteiger partial charge in [0.1, 0.15) is 0 Å². The molecular formula is C9H15N3O2S. The van der Waals surface area contributed by atoms with Crippen LogP contribution in [-0.4, -0.2) is 21.5 Å². The molecule has 0 unspecified atom stereocenters. The molecule has 0 saturated heterocycles. The minimum atomic E-state index is -3.62. The Kier molecular flexibility index (Phi) is 4.07. The largest absolute Gasteiger partial charge is 0.385 e. The van der Waals surface area contributed by atoms with Crippen molar-refractivity contribution in [2.45, 2.75) is 11.3 Å². The molecule has 84 valence electrons. The first-order chi connectivity index (χ1) is 7.04. The predicted octanol–water partition coefficient (Wildman–Crippen LogP) is 0.0947. The predicted molar refractivity (Wildman–Crippen MR) is 60.0 cm³/mol. The molecule has 0 saturated carbocycles. The highest BCUT2D eigenvalue weighted by molar-refractivity contribution is 7.89. The Morgan fingerprint density at radius 1 is 1.33 bits per heavy atom. The first-order valence-electron chi connectivity index (χ1n) is 4.61. The fraction of sp³-hybridized carbons (Fsp3) is 0.333. The molecular weight excluding hydrogens is 214 g/mol. The topological polar surface area (TPSA) is 98.2 Å². The minimum Gasteiger partial charge on any atom is -0.385 e. The van der Waals surface area contributed by atoms with Crippen LogP contribution in [-0.2, 0) is 10.0 Å². The Balaban J connectivity index is 2.75. The van der Waals surface area contributed by atoms with Gasteiger partial charge >= 0.3 is 0 Å². The summed E-state index contributed by atoms with van der Waals surface area (Å²) in [6.07, 6.45) is 0.833. The molecule has 0 aromatic heterocycles. The Morgan fingerprint density at radius 3 is 2.67 bits per heavy atom.